The van der Waals surface area contributed by atoms with Gasteiger partial charge in [-0.2, -0.15) is 0 Å². The van der Waals surface area contributed by atoms with Gasteiger partial charge in [-0.05, 0) is 25.5 Å². The molecule has 0 aliphatic carbocycles. The largest absolute Gasteiger partial charge is 0.480 e. The molecule has 2 amide bonds. The number of carboxylic acids is 1. The molecule has 1 aromatic carbocycles. The SMILES string of the molecule is CC(=O)N(CC(=O)O)CC1CN(C(=O)c2ccc(C)cc2C)CCO1. The Bertz CT molecular complexity index is 673. The summed E-state index contributed by atoms with van der Waals surface area (Å²) < 4.78 is 5.63. The molecule has 7 nitrogen and oxygen atoms in total. The number of hydrogen-bond acceptors (Lipinski definition) is 4. The number of aryl methyl sites for hydroxylation is 2. The molecule has 2 rings (SSSR count). The summed E-state index contributed by atoms with van der Waals surface area (Å²) >= 11 is 0. The lowest BCUT2D eigenvalue weighted by Crippen LogP contribution is -2.51. The number of carbonyl (C=O) groups is 3. The van der Waals surface area contributed by atoms with E-state index in [-0.39, 0.29) is 24.9 Å². The molecule has 1 N–H and O–H groups in total. The molecule has 1 heterocycles. The van der Waals surface area contributed by atoms with Gasteiger partial charge in [0.05, 0.1) is 12.7 Å². The fraction of sp³-hybridized carbons (Fsp3) is 0.500. The Morgan fingerprint density at radius 3 is 2.64 bits per heavy atom. The fourth-order valence-corrected chi connectivity index (χ4v) is 2.95. The minimum Gasteiger partial charge on any atom is -0.480 e. The van der Waals surface area contributed by atoms with E-state index >= 15 is 0 Å². The first-order chi connectivity index (χ1) is 11.8. The van der Waals surface area contributed by atoms with Crippen LogP contribution in [0.25, 0.3) is 0 Å². The molecule has 1 atom stereocenters. The van der Waals surface area contributed by atoms with Crippen LogP contribution in [0.3, 0.4) is 0 Å². The number of aliphatic carboxylic acids is 1. The Hall–Kier alpha value is -2.41. The Morgan fingerprint density at radius 1 is 1.32 bits per heavy atom. The molecule has 1 saturated heterocycles. The summed E-state index contributed by atoms with van der Waals surface area (Å²) in [5, 5.41) is 8.90. The van der Waals surface area contributed by atoms with Crippen LogP contribution in [0, 0.1) is 13.8 Å². The van der Waals surface area contributed by atoms with E-state index in [1.165, 1.54) is 11.8 Å². The Labute approximate surface area is 147 Å². The van der Waals surface area contributed by atoms with Gasteiger partial charge in [0.1, 0.15) is 6.54 Å². The average molecular weight is 348 g/mol. The smallest absolute Gasteiger partial charge is 0.323 e. The standard InChI is InChI=1S/C18H24N2O5/c1-12-4-5-16(13(2)8-12)18(24)19-6-7-25-15(9-19)10-20(14(3)21)11-17(22)23/h4-5,8,15H,6-7,9-11H2,1-3H3,(H,22,23). The number of benzene rings is 1. The lowest BCUT2D eigenvalue weighted by atomic mass is 10.0. The molecule has 0 spiro atoms. The number of carboxylic acid groups (broad SMARTS) is 1. The second kappa shape index (κ2) is 8.11. The number of amides is 2. The molecule has 1 unspecified atom stereocenters. The third-order valence-electron chi connectivity index (χ3n) is 4.23. The molecule has 0 aromatic heterocycles. The maximum Gasteiger partial charge on any atom is 0.323 e. The predicted molar refractivity (Wildman–Crippen MR) is 91.4 cm³/mol. The van der Waals surface area contributed by atoms with Crippen LogP contribution in [-0.2, 0) is 14.3 Å². The van der Waals surface area contributed by atoms with Gasteiger partial charge in [-0.25, -0.2) is 0 Å². The van der Waals surface area contributed by atoms with Crippen LogP contribution in [0.1, 0.15) is 28.4 Å². The van der Waals surface area contributed by atoms with Crippen molar-refractivity contribution in [1.29, 1.82) is 0 Å². The minimum atomic E-state index is -1.07. The van der Waals surface area contributed by atoms with E-state index in [4.69, 9.17) is 9.84 Å². The number of carbonyl (C=O) groups excluding carboxylic acids is 2. The number of morpholine rings is 1. The first kappa shape index (κ1) is 18.9. The summed E-state index contributed by atoms with van der Waals surface area (Å²) in [6, 6.07) is 5.70. The molecule has 0 radical (unpaired) electrons. The van der Waals surface area contributed by atoms with Crippen LogP contribution >= 0.6 is 0 Å². The van der Waals surface area contributed by atoms with Crippen molar-refractivity contribution in [3.8, 4) is 0 Å². The lowest BCUT2D eigenvalue weighted by molar-refractivity contribution is -0.145. The van der Waals surface area contributed by atoms with Crippen LogP contribution in [0.5, 0.6) is 0 Å². The first-order valence-corrected chi connectivity index (χ1v) is 8.23. The zero-order valence-electron chi connectivity index (χ0n) is 14.8. The third kappa shape index (κ3) is 5.03. The topological polar surface area (TPSA) is 87.2 Å². The van der Waals surface area contributed by atoms with E-state index in [0.717, 1.165) is 11.1 Å². The highest BCUT2D eigenvalue weighted by molar-refractivity contribution is 5.95. The van der Waals surface area contributed by atoms with Crippen LogP contribution in [0.2, 0.25) is 0 Å². The van der Waals surface area contributed by atoms with Crippen molar-refractivity contribution in [2.24, 2.45) is 0 Å². The first-order valence-electron chi connectivity index (χ1n) is 8.23. The van der Waals surface area contributed by atoms with E-state index in [9.17, 15) is 14.4 Å². The molecule has 7 heteroatoms. The molecule has 1 aliphatic rings. The van der Waals surface area contributed by atoms with Gasteiger partial charge in [0, 0.05) is 32.1 Å². The molecule has 1 aliphatic heterocycles. The van der Waals surface area contributed by atoms with Crippen molar-refractivity contribution in [3.05, 3.63) is 34.9 Å². The zero-order valence-corrected chi connectivity index (χ0v) is 14.8. The molecule has 25 heavy (non-hydrogen) atoms. The van der Waals surface area contributed by atoms with Crippen molar-refractivity contribution in [3.63, 3.8) is 0 Å². The number of ether oxygens (including phenoxy) is 1. The summed E-state index contributed by atoms with van der Waals surface area (Å²) in [5.74, 6) is -1.48. The Morgan fingerprint density at radius 2 is 2.04 bits per heavy atom. The van der Waals surface area contributed by atoms with Gasteiger partial charge in [0.15, 0.2) is 0 Å². The van der Waals surface area contributed by atoms with E-state index in [0.29, 0.717) is 25.3 Å². The van der Waals surface area contributed by atoms with Crippen LogP contribution in [-0.4, -0.2) is 71.6 Å². The van der Waals surface area contributed by atoms with E-state index in [1.807, 2.05) is 32.0 Å². The van der Waals surface area contributed by atoms with Gasteiger partial charge in [-0.1, -0.05) is 17.7 Å². The average Bonchev–Trinajstić information content (AvgIpc) is 2.53. The van der Waals surface area contributed by atoms with Gasteiger partial charge in [0.2, 0.25) is 5.91 Å². The van der Waals surface area contributed by atoms with Crippen LogP contribution < -0.4 is 0 Å². The van der Waals surface area contributed by atoms with Crippen molar-refractivity contribution in [1.82, 2.24) is 9.80 Å². The summed E-state index contributed by atoms with van der Waals surface area (Å²) in [5.41, 5.74) is 2.67. The molecule has 0 saturated carbocycles. The highest BCUT2D eigenvalue weighted by Crippen LogP contribution is 2.16. The predicted octanol–water partition coefficient (Wildman–Crippen LogP) is 1.08. The van der Waals surface area contributed by atoms with Gasteiger partial charge >= 0.3 is 5.97 Å². The summed E-state index contributed by atoms with van der Waals surface area (Å²) in [6.07, 6.45) is -0.397. The fourth-order valence-electron chi connectivity index (χ4n) is 2.95. The van der Waals surface area contributed by atoms with Gasteiger partial charge in [-0.15, -0.1) is 0 Å². The Balaban J connectivity index is 2.05. The second-order valence-electron chi connectivity index (χ2n) is 6.36. The number of nitrogens with zero attached hydrogens (tertiary/aromatic N) is 2. The number of hydrogen-bond donors (Lipinski definition) is 1. The highest BCUT2D eigenvalue weighted by Gasteiger charge is 2.28. The normalized spacial score (nSPS) is 17.2. The molecule has 1 fully saturated rings. The van der Waals surface area contributed by atoms with Crippen molar-refractivity contribution < 1.29 is 24.2 Å². The van der Waals surface area contributed by atoms with Gasteiger partial charge < -0.3 is 19.6 Å². The van der Waals surface area contributed by atoms with Crippen LogP contribution in [0.4, 0.5) is 0 Å². The summed E-state index contributed by atoms with van der Waals surface area (Å²) in [6.45, 7) is 6.15. The summed E-state index contributed by atoms with van der Waals surface area (Å²) in [7, 11) is 0. The minimum absolute atomic E-state index is 0.0709. The van der Waals surface area contributed by atoms with Gasteiger partial charge in [-0.3, -0.25) is 14.4 Å². The Kier molecular flexibility index (Phi) is 6.14. The summed E-state index contributed by atoms with van der Waals surface area (Å²) in [4.78, 5) is 38.2. The lowest BCUT2D eigenvalue weighted by Gasteiger charge is -2.35. The van der Waals surface area contributed by atoms with Crippen LogP contribution in [0.15, 0.2) is 18.2 Å². The van der Waals surface area contributed by atoms with Crippen molar-refractivity contribution in [2.45, 2.75) is 26.9 Å². The quantitative estimate of drug-likeness (QED) is 0.860. The zero-order chi connectivity index (χ0) is 18.6. The molecule has 0 bridgehead atoms. The second-order valence-corrected chi connectivity index (χ2v) is 6.36. The molecular formula is C18H24N2O5. The van der Waals surface area contributed by atoms with Gasteiger partial charge in [0.25, 0.3) is 5.91 Å². The highest BCUT2D eigenvalue weighted by atomic mass is 16.5. The maximum absolute atomic E-state index is 12.8. The van der Waals surface area contributed by atoms with Crippen molar-refractivity contribution in [2.75, 3.05) is 32.8 Å². The van der Waals surface area contributed by atoms with Crippen molar-refractivity contribution >= 4 is 17.8 Å². The van der Waals surface area contributed by atoms with E-state index in [1.54, 1.807) is 4.90 Å². The third-order valence-corrected chi connectivity index (χ3v) is 4.23. The number of rotatable bonds is 5. The molecular weight excluding hydrogens is 324 g/mol. The van der Waals surface area contributed by atoms with E-state index < -0.39 is 12.1 Å². The monoisotopic (exact) mass is 348 g/mol. The molecule has 1 aromatic rings. The maximum atomic E-state index is 12.8. The van der Waals surface area contributed by atoms with E-state index in [2.05, 4.69) is 0 Å². The molecule has 136 valence electrons.